The number of hydrogen-bond donors (Lipinski definition) is 0. The van der Waals surface area contributed by atoms with E-state index in [0.717, 1.165) is 88.1 Å². The SMILES string of the molecule is c1ccc(-c2nc(-c3ccccc3-c3ccc(-c4ccccc4)c4oc5nc6ccccc6cc5c34)nc(-c3cccc4oc5ccccc5c34)n2)cc1. The number of nitrogens with zero attached hydrogens (tertiary/aromatic N) is 4. The molecule has 6 heteroatoms. The molecule has 0 aliphatic carbocycles. The number of hydrogen-bond acceptors (Lipinski definition) is 6. The summed E-state index contributed by atoms with van der Waals surface area (Å²) in [6.45, 7) is 0. The van der Waals surface area contributed by atoms with Gasteiger partial charge in [-0.2, -0.15) is 0 Å². The Kier molecular flexibility index (Phi) is 6.75. The Morgan fingerprint density at radius 1 is 0.352 bits per heavy atom. The van der Waals surface area contributed by atoms with Gasteiger partial charge in [0.25, 0.3) is 0 Å². The van der Waals surface area contributed by atoms with Crippen LogP contribution < -0.4 is 0 Å². The van der Waals surface area contributed by atoms with Gasteiger partial charge in [0.2, 0.25) is 5.71 Å². The number of furan rings is 2. The van der Waals surface area contributed by atoms with Crippen LogP contribution in [0, 0.1) is 0 Å². The molecule has 0 unspecified atom stereocenters. The molecule has 4 aromatic heterocycles. The van der Waals surface area contributed by atoms with Gasteiger partial charge < -0.3 is 8.83 Å². The standard InChI is InChI=1S/C48H28N4O2/c1-3-14-29(15-4-1)32-26-27-34(43-38-28-31-18-7-11-23-39(31)49-48(38)54-44(32)43)33-19-8-9-20-35(33)46-50-45(30-16-5-2-6-17-30)51-47(52-46)37-22-13-25-41-42(37)36-21-10-12-24-40(36)53-41/h1-28H. The number of rotatable bonds is 5. The average molecular weight is 693 g/mol. The van der Waals surface area contributed by atoms with Gasteiger partial charge in [0.1, 0.15) is 16.7 Å². The summed E-state index contributed by atoms with van der Waals surface area (Å²) < 4.78 is 13.0. The molecule has 252 valence electrons. The van der Waals surface area contributed by atoms with Crippen LogP contribution >= 0.6 is 0 Å². The van der Waals surface area contributed by atoms with Crippen molar-refractivity contribution in [3.8, 4) is 56.4 Å². The molecule has 6 nitrogen and oxygen atoms in total. The summed E-state index contributed by atoms with van der Waals surface area (Å²) in [6, 6.07) is 57.5. The van der Waals surface area contributed by atoms with E-state index in [9.17, 15) is 0 Å². The van der Waals surface area contributed by atoms with Crippen LogP contribution in [-0.2, 0) is 0 Å². The lowest BCUT2D eigenvalue weighted by Crippen LogP contribution is -2.01. The Morgan fingerprint density at radius 3 is 1.83 bits per heavy atom. The highest BCUT2D eigenvalue weighted by Crippen LogP contribution is 2.44. The molecule has 0 radical (unpaired) electrons. The summed E-state index contributed by atoms with van der Waals surface area (Å²) >= 11 is 0. The first-order valence-electron chi connectivity index (χ1n) is 17.9. The number of aromatic nitrogens is 4. The monoisotopic (exact) mass is 692 g/mol. The quantitative estimate of drug-likeness (QED) is 0.179. The molecule has 7 aromatic carbocycles. The Labute approximate surface area is 309 Å². The van der Waals surface area contributed by atoms with Crippen LogP contribution in [0.15, 0.2) is 179 Å². The lowest BCUT2D eigenvalue weighted by molar-refractivity contribution is 0.657. The third-order valence-corrected chi connectivity index (χ3v) is 10.2. The highest BCUT2D eigenvalue weighted by atomic mass is 16.3. The third kappa shape index (κ3) is 4.81. The molecule has 0 saturated carbocycles. The first-order valence-corrected chi connectivity index (χ1v) is 17.9. The molecule has 0 saturated heterocycles. The second-order valence-corrected chi connectivity index (χ2v) is 13.4. The minimum absolute atomic E-state index is 0.566. The molecular weight excluding hydrogens is 665 g/mol. The molecule has 0 bridgehead atoms. The average Bonchev–Trinajstić information content (AvgIpc) is 3.81. The molecule has 0 fully saturated rings. The van der Waals surface area contributed by atoms with Crippen molar-refractivity contribution in [2.75, 3.05) is 0 Å². The van der Waals surface area contributed by atoms with Gasteiger partial charge in [-0.05, 0) is 47.0 Å². The zero-order chi connectivity index (χ0) is 35.6. The fourth-order valence-corrected chi connectivity index (χ4v) is 7.68. The largest absolute Gasteiger partial charge is 0.456 e. The molecule has 11 aromatic rings. The maximum absolute atomic E-state index is 6.71. The van der Waals surface area contributed by atoms with Crippen LogP contribution in [0.4, 0.5) is 0 Å². The van der Waals surface area contributed by atoms with Crippen LogP contribution in [-0.4, -0.2) is 19.9 Å². The number of benzene rings is 7. The Morgan fingerprint density at radius 2 is 0.981 bits per heavy atom. The highest BCUT2D eigenvalue weighted by Gasteiger charge is 2.23. The minimum Gasteiger partial charge on any atom is -0.456 e. The van der Waals surface area contributed by atoms with Gasteiger partial charge in [-0.1, -0.05) is 140 Å². The van der Waals surface area contributed by atoms with Crippen LogP contribution in [0.5, 0.6) is 0 Å². The second-order valence-electron chi connectivity index (χ2n) is 13.4. The Balaban J connectivity index is 1.19. The topological polar surface area (TPSA) is 77.8 Å². The van der Waals surface area contributed by atoms with Crippen molar-refractivity contribution in [1.29, 1.82) is 0 Å². The normalized spacial score (nSPS) is 11.7. The maximum Gasteiger partial charge on any atom is 0.227 e. The van der Waals surface area contributed by atoms with Crippen molar-refractivity contribution in [3.05, 3.63) is 170 Å². The molecule has 11 rings (SSSR count). The smallest absolute Gasteiger partial charge is 0.227 e. The van der Waals surface area contributed by atoms with Crippen LogP contribution in [0.25, 0.3) is 111 Å². The lowest BCUT2D eigenvalue weighted by atomic mass is 9.92. The van der Waals surface area contributed by atoms with E-state index < -0.39 is 0 Å². The van der Waals surface area contributed by atoms with Gasteiger partial charge in [-0.3, -0.25) is 0 Å². The van der Waals surface area contributed by atoms with E-state index in [4.69, 9.17) is 28.8 Å². The zero-order valence-electron chi connectivity index (χ0n) is 28.8. The van der Waals surface area contributed by atoms with E-state index in [2.05, 4.69) is 78.9 Å². The zero-order valence-corrected chi connectivity index (χ0v) is 28.8. The van der Waals surface area contributed by atoms with Crippen molar-refractivity contribution >= 4 is 54.9 Å². The summed E-state index contributed by atoms with van der Waals surface area (Å²) in [4.78, 5) is 20.5. The van der Waals surface area contributed by atoms with E-state index in [1.165, 1.54) is 0 Å². The molecular formula is C48H28N4O2. The predicted octanol–water partition coefficient (Wildman–Crippen LogP) is 12.6. The summed E-state index contributed by atoms with van der Waals surface area (Å²) in [5.74, 6) is 1.72. The molecule has 0 atom stereocenters. The molecule has 0 spiro atoms. The molecule has 0 aliphatic heterocycles. The molecule has 0 amide bonds. The van der Waals surface area contributed by atoms with Crippen molar-refractivity contribution in [2.45, 2.75) is 0 Å². The molecule has 4 heterocycles. The lowest BCUT2D eigenvalue weighted by Gasteiger charge is -2.14. The van der Waals surface area contributed by atoms with E-state index in [1.54, 1.807) is 0 Å². The third-order valence-electron chi connectivity index (χ3n) is 10.2. The molecule has 0 aliphatic rings. The van der Waals surface area contributed by atoms with Gasteiger partial charge >= 0.3 is 0 Å². The van der Waals surface area contributed by atoms with Crippen molar-refractivity contribution in [1.82, 2.24) is 19.9 Å². The summed E-state index contributed by atoms with van der Waals surface area (Å²) in [6.07, 6.45) is 0. The van der Waals surface area contributed by atoms with Gasteiger partial charge in [-0.25, -0.2) is 19.9 Å². The number of pyridine rings is 1. The van der Waals surface area contributed by atoms with E-state index in [1.807, 2.05) is 91.0 Å². The number of fused-ring (bicyclic) bond motifs is 7. The first kappa shape index (κ1) is 30.2. The summed E-state index contributed by atoms with van der Waals surface area (Å²) in [5, 5.41) is 4.98. The Hall–Kier alpha value is -7.44. The molecule has 0 N–H and O–H groups in total. The van der Waals surface area contributed by atoms with Gasteiger partial charge in [-0.15, -0.1) is 0 Å². The van der Waals surface area contributed by atoms with Gasteiger partial charge in [0.05, 0.1) is 5.52 Å². The van der Waals surface area contributed by atoms with Crippen molar-refractivity contribution < 1.29 is 8.83 Å². The summed E-state index contributed by atoms with van der Waals surface area (Å²) in [5.41, 5.74) is 10.6. The number of para-hydroxylation sites is 2. The summed E-state index contributed by atoms with van der Waals surface area (Å²) in [7, 11) is 0. The van der Waals surface area contributed by atoms with E-state index >= 15 is 0 Å². The molecule has 54 heavy (non-hydrogen) atoms. The maximum atomic E-state index is 6.71. The van der Waals surface area contributed by atoms with Crippen molar-refractivity contribution in [2.24, 2.45) is 0 Å². The van der Waals surface area contributed by atoms with E-state index in [0.29, 0.717) is 23.2 Å². The van der Waals surface area contributed by atoms with Gasteiger partial charge in [0, 0.05) is 49.2 Å². The van der Waals surface area contributed by atoms with Crippen LogP contribution in [0.2, 0.25) is 0 Å². The first-order chi connectivity index (χ1) is 26.8. The predicted molar refractivity (Wildman–Crippen MR) is 217 cm³/mol. The second kappa shape index (κ2) is 12.1. The fraction of sp³-hybridized carbons (Fsp3) is 0. The van der Waals surface area contributed by atoms with Crippen LogP contribution in [0.1, 0.15) is 0 Å². The fourth-order valence-electron chi connectivity index (χ4n) is 7.68. The Bertz CT molecular complexity index is 3220. The van der Waals surface area contributed by atoms with Crippen LogP contribution in [0.3, 0.4) is 0 Å². The highest BCUT2D eigenvalue weighted by molar-refractivity contribution is 6.18. The van der Waals surface area contributed by atoms with E-state index in [-0.39, 0.29) is 0 Å². The van der Waals surface area contributed by atoms with Crippen molar-refractivity contribution in [3.63, 3.8) is 0 Å². The minimum atomic E-state index is 0.566. The van der Waals surface area contributed by atoms with Gasteiger partial charge in [0.15, 0.2) is 17.5 Å².